The van der Waals surface area contributed by atoms with Gasteiger partial charge < -0.3 is 15.5 Å². The van der Waals surface area contributed by atoms with Crippen LogP contribution in [0, 0.1) is 0 Å². The van der Waals surface area contributed by atoms with Crippen LogP contribution in [-0.2, 0) is 0 Å². The first-order valence-corrected chi connectivity index (χ1v) is 6.41. The van der Waals surface area contributed by atoms with Crippen molar-refractivity contribution in [2.24, 2.45) is 0 Å². The lowest BCUT2D eigenvalue weighted by Gasteiger charge is -2.18. The third-order valence-electron chi connectivity index (χ3n) is 3.28. The SMILES string of the molecule is CCNC(=O)c1cc(N2CCC(NC)C2)ccn1. The van der Waals surface area contributed by atoms with Gasteiger partial charge in [-0.2, -0.15) is 0 Å². The van der Waals surface area contributed by atoms with E-state index in [1.54, 1.807) is 6.20 Å². The predicted molar refractivity (Wildman–Crippen MR) is 71.9 cm³/mol. The molecule has 0 spiro atoms. The number of hydrogen-bond acceptors (Lipinski definition) is 4. The van der Waals surface area contributed by atoms with Crippen molar-refractivity contribution in [2.45, 2.75) is 19.4 Å². The average molecular weight is 248 g/mol. The number of likely N-dealkylation sites (N-methyl/N-ethyl adjacent to an activating group) is 1. The van der Waals surface area contributed by atoms with Gasteiger partial charge in [-0.3, -0.25) is 9.78 Å². The summed E-state index contributed by atoms with van der Waals surface area (Å²) in [6, 6.07) is 4.36. The molecule has 5 nitrogen and oxygen atoms in total. The summed E-state index contributed by atoms with van der Waals surface area (Å²) in [7, 11) is 1.99. The molecule has 2 heterocycles. The Bertz CT molecular complexity index is 421. The number of aromatic nitrogens is 1. The summed E-state index contributed by atoms with van der Waals surface area (Å²) in [5, 5.41) is 6.05. The lowest BCUT2D eigenvalue weighted by Crippen LogP contribution is -2.30. The van der Waals surface area contributed by atoms with Crippen molar-refractivity contribution in [3.05, 3.63) is 24.0 Å². The molecule has 1 fully saturated rings. The fraction of sp³-hybridized carbons (Fsp3) is 0.538. The van der Waals surface area contributed by atoms with Crippen LogP contribution in [0.15, 0.2) is 18.3 Å². The summed E-state index contributed by atoms with van der Waals surface area (Å²) in [5.41, 5.74) is 1.56. The number of carbonyl (C=O) groups is 1. The highest BCUT2D eigenvalue weighted by molar-refractivity contribution is 5.93. The molecule has 1 aliphatic rings. The summed E-state index contributed by atoms with van der Waals surface area (Å²) < 4.78 is 0. The van der Waals surface area contributed by atoms with Gasteiger partial charge in [0, 0.05) is 37.6 Å². The number of rotatable bonds is 4. The Balaban J connectivity index is 2.10. The van der Waals surface area contributed by atoms with Crippen LogP contribution in [0.3, 0.4) is 0 Å². The lowest BCUT2D eigenvalue weighted by atomic mass is 10.2. The topological polar surface area (TPSA) is 57.3 Å². The van der Waals surface area contributed by atoms with E-state index in [2.05, 4.69) is 20.5 Å². The molecule has 1 aromatic heterocycles. The van der Waals surface area contributed by atoms with Crippen molar-refractivity contribution >= 4 is 11.6 Å². The zero-order chi connectivity index (χ0) is 13.0. The minimum atomic E-state index is -0.108. The Morgan fingerprint density at radius 1 is 1.61 bits per heavy atom. The fourth-order valence-electron chi connectivity index (χ4n) is 2.22. The van der Waals surface area contributed by atoms with E-state index in [1.807, 2.05) is 26.1 Å². The monoisotopic (exact) mass is 248 g/mol. The van der Waals surface area contributed by atoms with E-state index in [4.69, 9.17) is 0 Å². The number of amides is 1. The second kappa shape index (κ2) is 5.82. The van der Waals surface area contributed by atoms with E-state index in [0.717, 1.165) is 25.2 Å². The number of carbonyl (C=O) groups excluding carboxylic acids is 1. The first-order valence-electron chi connectivity index (χ1n) is 6.41. The van der Waals surface area contributed by atoms with Gasteiger partial charge in [0.05, 0.1) is 0 Å². The van der Waals surface area contributed by atoms with Crippen molar-refractivity contribution in [1.82, 2.24) is 15.6 Å². The number of anilines is 1. The van der Waals surface area contributed by atoms with Gasteiger partial charge in [-0.25, -0.2) is 0 Å². The van der Waals surface area contributed by atoms with Gasteiger partial charge in [-0.1, -0.05) is 0 Å². The molecule has 0 radical (unpaired) electrons. The number of hydrogen-bond donors (Lipinski definition) is 2. The van der Waals surface area contributed by atoms with Crippen LogP contribution in [0.25, 0.3) is 0 Å². The molecule has 1 aliphatic heterocycles. The fourth-order valence-corrected chi connectivity index (χ4v) is 2.22. The minimum absolute atomic E-state index is 0.108. The standard InChI is InChI=1S/C13H20N4O/c1-3-15-13(18)12-8-11(4-6-16-12)17-7-5-10(9-17)14-2/h4,6,8,10,14H,3,5,7,9H2,1-2H3,(H,15,18). The Morgan fingerprint density at radius 2 is 2.44 bits per heavy atom. The van der Waals surface area contributed by atoms with Gasteiger partial charge in [-0.05, 0) is 32.5 Å². The summed E-state index contributed by atoms with van der Waals surface area (Å²) >= 11 is 0. The Labute approximate surface area is 108 Å². The average Bonchev–Trinajstić information content (AvgIpc) is 2.88. The molecule has 1 atom stereocenters. The van der Waals surface area contributed by atoms with Crippen molar-refractivity contribution in [3.8, 4) is 0 Å². The molecule has 2 N–H and O–H groups in total. The normalized spacial score (nSPS) is 19.0. The maximum absolute atomic E-state index is 11.7. The second-order valence-electron chi connectivity index (χ2n) is 4.48. The summed E-state index contributed by atoms with van der Waals surface area (Å²) in [6.07, 6.45) is 2.84. The molecule has 1 saturated heterocycles. The second-order valence-corrected chi connectivity index (χ2v) is 4.48. The largest absolute Gasteiger partial charge is 0.370 e. The maximum Gasteiger partial charge on any atom is 0.269 e. The molecule has 5 heteroatoms. The van der Waals surface area contributed by atoms with Crippen molar-refractivity contribution in [2.75, 3.05) is 31.6 Å². The van der Waals surface area contributed by atoms with E-state index in [-0.39, 0.29) is 5.91 Å². The van der Waals surface area contributed by atoms with Crippen LogP contribution in [0.1, 0.15) is 23.8 Å². The van der Waals surface area contributed by atoms with Crippen LogP contribution in [0.4, 0.5) is 5.69 Å². The van der Waals surface area contributed by atoms with E-state index >= 15 is 0 Å². The van der Waals surface area contributed by atoms with Crippen LogP contribution in [0.2, 0.25) is 0 Å². The third-order valence-corrected chi connectivity index (χ3v) is 3.28. The number of pyridine rings is 1. The molecule has 98 valence electrons. The highest BCUT2D eigenvalue weighted by atomic mass is 16.1. The van der Waals surface area contributed by atoms with Gasteiger partial charge in [0.15, 0.2) is 0 Å². The summed E-state index contributed by atoms with van der Waals surface area (Å²) in [6.45, 7) is 4.52. The van der Waals surface area contributed by atoms with E-state index < -0.39 is 0 Å². The molecule has 0 aliphatic carbocycles. The smallest absolute Gasteiger partial charge is 0.269 e. The maximum atomic E-state index is 11.7. The molecule has 18 heavy (non-hydrogen) atoms. The van der Waals surface area contributed by atoms with Crippen LogP contribution in [0.5, 0.6) is 0 Å². The summed E-state index contributed by atoms with van der Waals surface area (Å²) in [4.78, 5) is 18.1. The molecule has 0 bridgehead atoms. The Hall–Kier alpha value is -1.62. The van der Waals surface area contributed by atoms with E-state index in [1.165, 1.54) is 0 Å². The zero-order valence-electron chi connectivity index (χ0n) is 10.9. The first-order chi connectivity index (χ1) is 8.74. The Morgan fingerprint density at radius 3 is 3.11 bits per heavy atom. The highest BCUT2D eigenvalue weighted by Gasteiger charge is 2.21. The van der Waals surface area contributed by atoms with Crippen LogP contribution >= 0.6 is 0 Å². The molecule has 1 amide bonds. The van der Waals surface area contributed by atoms with Gasteiger partial charge in [-0.15, -0.1) is 0 Å². The molecule has 0 aromatic carbocycles. The lowest BCUT2D eigenvalue weighted by molar-refractivity contribution is 0.0951. The van der Waals surface area contributed by atoms with E-state index in [9.17, 15) is 4.79 Å². The minimum Gasteiger partial charge on any atom is -0.370 e. The molecular formula is C13H20N4O. The van der Waals surface area contributed by atoms with Crippen LogP contribution in [-0.4, -0.2) is 43.6 Å². The van der Waals surface area contributed by atoms with Crippen LogP contribution < -0.4 is 15.5 Å². The van der Waals surface area contributed by atoms with Gasteiger partial charge in [0.2, 0.25) is 0 Å². The number of nitrogens with zero attached hydrogens (tertiary/aromatic N) is 2. The van der Waals surface area contributed by atoms with Gasteiger partial charge in [0.25, 0.3) is 5.91 Å². The molecule has 1 aromatic rings. The first kappa shape index (κ1) is 12.8. The van der Waals surface area contributed by atoms with Crippen molar-refractivity contribution < 1.29 is 4.79 Å². The highest BCUT2D eigenvalue weighted by Crippen LogP contribution is 2.20. The zero-order valence-corrected chi connectivity index (χ0v) is 10.9. The quantitative estimate of drug-likeness (QED) is 0.820. The molecular weight excluding hydrogens is 228 g/mol. The van der Waals surface area contributed by atoms with Crippen molar-refractivity contribution in [3.63, 3.8) is 0 Å². The third kappa shape index (κ3) is 2.79. The molecule has 1 unspecified atom stereocenters. The molecule has 0 saturated carbocycles. The predicted octanol–water partition coefficient (Wildman–Crippen LogP) is 0.629. The van der Waals surface area contributed by atoms with Gasteiger partial charge >= 0.3 is 0 Å². The van der Waals surface area contributed by atoms with E-state index in [0.29, 0.717) is 18.3 Å². The molecule has 2 rings (SSSR count). The Kier molecular flexibility index (Phi) is 4.15. The summed E-state index contributed by atoms with van der Waals surface area (Å²) in [5.74, 6) is -0.108. The van der Waals surface area contributed by atoms with Crippen molar-refractivity contribution in [1.29, 1.82) is 0 Å². The number of nitrogens with one attached hydrogen (secondary N) is 2. The van der Waals surface area contributed by atoms with Gasteiger partial charge in [0.1, 0.15) is 5.69 Å².